The van der Waals surface area contributed by atoms with Crippen LogP contribution in [0.25, 0.3) is 22.2 Å². The molecule has 236 valence electrons. The maximum atomic E-state index is 13.6. The first-order valence-electron chi connectivity index (χ1n) is 15.5. The highest BCUT2D eigenvalue weighted by atomic mass is 16.5. The van der Waals surface area contributed by atoms with Crippen molar-refractivity contribution in [3.8, 4) is 22.8 Å². The summed E-state index contributed by atoms with van der Waals surface area (Å²) in [6.45, 7) is 4.66. The van der Waals surface area contributed by atoms with Gasteiger partial charge in [-0.25, -0.2) is 9.78 Å². The number of amides is 2. The number of carbonyl (C=O) groups excluding carboxylic acids is 2. The highest BCUT2D eigenvalue weighted by Crippen LogP contribution is 2.46. The van der Waals surface area contributed by atoms with Crippen molar-refractivity contribution in [3.05, 3.63) is 79.4 Å². The van der Waals surface area contributed by atoms with Crippen molar-refractivity contribution >= 4 is 29.2 Å². The second-order valence-electron chi connectivity index (χ2n) is 12.1. The molecule has 0 bridgehead atoms. The maximum absolute atomic E-state index is 13.6. The summed E-state index contributed by atoms with van der Waals surface area (Å²) in [5, 5.41) is 13.8. The first kappa shape index (κ1) is 31.8. The summed E-state index contributed by atoms with van der Waals surface area (Å²) in [5.41, 5.74) is 1.17. The van der Waals surface area contributed by atoms with Gasteiger partial charge in [-0.15, -0.1) is 6.58 Å². The lowest BCUT2D eigenvalue weighted by molar-refractivity contribution is -0.144. The molecule has 0 unspecified atom stereocenters. The molecule has 9 heteroatoms. The standard InChI is InChI=1S/C36H41N3O6/c1-4-24-18-28(45-33-21-31(25-12-8-7-9-13-25)37-32-20-27(44-3)15-16-29(32)33)19-30(24)34(41)38-36(35(42)43)22-26(36)14-10-5-6-11-17-39(2)23-40/h4,7-10,12-16,20-21,23-24,26,28,30H,1,5-6,11,17-19,22H2,2-3H3,(H,38,41)(H,42,43)/b14-10-/t24-,26-,28+,30-,36-/m1/s1. The van der Waals surface area contributed by atoms with Crippen molar-refractivity contribution in [2.45, 2.75) is 50.2 Å². The van der Waals surface area contributed by atoms with Crippen molar-refractivity contribution in [2.24, 2.45) is 17.8 Å². The Kier molecular flexibility index (Phi) is 9.86. The average Bonchev–Trinajstić information content (AvgIpc) is 3.60. The maximum Gasteiger partial charge on any atom is 0.330 e. The molecule has 3 aromatic rings. The predicted octanol–water partition coefficient (Wildman–Crippen LogP) is 5.64. The van der Waals surface area contributed by atoms with Crippen LogP contribution in [0.1, 0.15) is 38.5 Å². The minimum Gasteiger partial charge on any atom is -0.497 e. The second kappa shape index (κ2) is 14.0. The van der Waals surface area contributed by atoms with E-state index in [0.717, 1.165) is 47.8 Å². The zero-order valence-electron chi connectivity index (χ0n) is 25.9. The molecule has 5 rings (SSSR count). The molecule has 2 saturated carbocycles. The fourth-order valence-electron chi connectivity index (χ4n) is 6.23. The number of hydrogen-bond acceptors (Lipinski definition) is 6. The highest BCUT2D eigenvalue weighted by molar-refractivity contribution is 5.92. The van der Waals surface area contributed by atoms with E-state index in [1.54, 1.807) is 25.1 Å². The Morgan fingerprint density at radius 1 is 1.16 bits per heavy atom. The van der Waals surface area contributed by atoms with Crippen LogP contribution in [0.2, 0.25) is 0 Å². The topological polar surface area (TPSA) is 118 Å². The zero-order chi connectivity index (χ0) is 32.0. The van der Waals surface area contributed by atoms with Crippen molar-refractivity contribution in [3.63, 3.8) is 0 Å². The number of allylic oxidation sites excluding steroid dienone is 2. The fraction of sp³-hybridized carbons (Fsp3) is 0.389. The van der Waals surface area contributed by atoms with Crippen LogP contribution in [0.15, 0.2) is 79.4 Å². The van der Waals surface area contributed by atoms with Gasteiger partial charge in [0.15, 0.2) is 0 Å². The Balaban J connectivity index is 1.27. The average molecular weight is 612 g/mol. The summed E-state index contributed by atoms with van der Waals surface area (Å²) < 4.78 is 12.0. The number of carboxylic acid groups (broad SMARTS) is 1. The van der Waals surface area contributed by atoms with E-state index in [9.17, 15) is 19.5 Å². The first-order valence-corrected chi connectivity index (χ1v) is 15.5. The van der Waals surface area contributed by atoms with E-state index in [2.05, 4.69) is 11.9 Å². The molecule has 45 heavy (non-hydrogen) atoms. The van der Waals surface area contributed by atoms with E-state index in [-0.39, 0.29) is 23.8 Å². The number of nitrogens with zero attached hydrogens (tertiary/aromatic N) is 2. The molecule has 5 atom stereocenters. The number of benzene rings is 2. The lowest BCUT2D eigenvalue weighted by Gasteiger charge is -2.20. The number of carbonyl (C=O) groups is 3. The molecule has 2 aromatic carbocycles. The van der Waals surface area contributed by atoms with Crippen LogP contribution in [0.3, 0.4) is 0 Å². The molecule has 1 heterocycles. The van der Waals surface area contributed by atoms with Crippen LogP contribution in [-0.4, -0.2) is 65.6 Å². The molecular weight excluding hydrogens is 570 g/mol. The molecule has 0 radical (unpaired) electrons. The summed E-state index contributed by atoms with van der Waals surface area (Å²) in [6.07, 6.45) is 10.1. The van der Waals surface area contributed by atoms with Gasteiger partial charge in [0.05, 0.1) is 18.3 Å². The van der Waals surface area contributed by atoms with Gasteiger partial charge in [0.2, 0.25) is 12.3 Å². The minimum absolute atomic E-state index is 0.153. The number of pyridine rings is 1. The number of aliphatic carboxylic acids is 1. The summed E-state index contributed by atoms with van der Waals surface area (Å²) in [5.74, 6) is -0.808. The van der Waals surface area contributed by atoms with Crippen molar-refractivity contribution in [2.75, 3.05) is 20.7 Å². The third-order valence-electron chi connectivity index (χ3n) is 8.97. The van der Waals surface area contributed by atoms with Gasteiger partial charge in [-0.1, -0.05) is 48.6 Å². The van der Waals surface area contributed by atoms with Crippen LogP contribution < -0.4 is 14.8 Å². The van der Waals surface area contributed by atoms with E-state index in [0.29, 0.717) is 37.3 Å². The second-order valence-corrected chi connectivity index (χ2v) is 12.1. The summed E-state index contributed by atoms with van der Waals surface area (Å²) >= 11 is 0. The van der Waals surface area contributed by atoms with Gasteiger partial charge in [-0.2, -0.15) is 0 Å². The van der Waals surface area contributed by atoms with Gasteiger partial charge in [-0.05, 0) is 56.6 Å². The summed E-state index contributed by atoms with van der Waals surface area (Å²) in [6, 6.07) is 17.5. The molecule has 2 aliphatic rings. The normalized spacial score (nSPS) is 23.9. The van der Waals surface area contributed by atoms with E-state index < -0.39 is 17.4 Å². The van der Waals surface area contributed by atoms with Gasteiger partial charge < -0.3 is 24.8 Å². The molecule has 2 amide bonds. The molecule has 0 aliphatic heterocycles. The number of nitrogens with one attached hydrogen (secondary N) is 1. The van der Waals surface area contributed by atoms with E-state index in [1.165, 1.54) is 0 Å². The quantitative estimate of drug-likeness (QED) is 0.130. The van der Waals surface area contributed by atoms with E-state index in [4.69, 9.17) is 14.5 Å². The molecular formula is C36H41N3O6. The summed E-state index contributed by atoms with van der Waals surface area (Å²) in [7, 11) is 3.36. The molecule has 2 aliphatic carbocycles. The third-order valence-corrected chi connectivity index (χ3v) is 8.97. The molecule has 2 N–H and O–H groups in total. The Morgan fingerprint density at radius 2 is 1.96 bits per heavy atom. The number of hydrogen-bond donors (Lipinski definition) is 2. The highest BCUT2D eigenvalue weighted by Gasteiger charge is 2.61. The van der Waals surface area contributed by atoms with Crippen molar-refractivity contribution < 1.29 is 29.0 Å². The number of aromatic nitrogens is 1. The first-order chi connectivity index (χ1) is 21.8. The zero-order valence-corrected chi connectivity index (χ0v) is 25.9. The Hall–Kier alpha value is -4.66. The number of fused-ring (bicyclic) bond motifs is 1. The molecule has 0 saturated heterocycles. The minimum atomic E-state index is -1.29. The Morgan fingerprint density at radius 3 is 2.67 bits per heavy atom. The number of carboxylic acids is 1. The van der Waals surface area contributed by atoms with Gasteiger partial charge in [0.1, 0.15) is 23.1 Å². The lowest BCUT2D eigenvalue weighted by atomic mass is 9.95. The monoisotopic (exact) mass is 611 g/mol. The van der Waals surface area contributed by atoms with Gasteiger partial charge in [-0.3, -0.25) is 9.59 Å². The molecule has 0 spiro atoms. The number of unbranched alkanes of at least 4 members (excludes halogenated alkanes) is 2. The third kappa shape index (κ3) is 7.19. The molecule has 1 aromatic heterocycles. The Labute approximate surface area is 263 Å². The van der Waals surface area contributed by atoms with Crippen LogP contribution >= 0.6 is 0 Å². The van der Waals surface area contributed by atoms with Gasteiger partial charge in [0.25, 0.3) is 0 Å². The Bertz CT molecular complexity index is 1570. The van der Waals surface area contributed by atoms with Crippen LogP contribution in [0.4, 0.5) is 0 Å². The predicted molar refractivity (Wildman–Crippen MR) is 173 cm³/mol. The fourth-order valence-corrected chi connectivity index (χ4v) is 6.23. The smallest absolute Gasteiger partial charge is 0.330 e. The van der Waals surface area contributed by atoms with Gasteiger partial charge in [0, 0.05) is 48.5 Å². The van der Waals surface area contributed by atoms with Gasteiger partial charge >= 0.3 is 5.97 Å². The van der Waals surface area contributed by atoms with Crippen molar-refractivity contribution in [1.29, 1.82) is 0 Å². The van der Waals surface area contributed by atoms with E-state index in [1.807, 2.05) is 66.7 Å². The SMILES string of the molecule is C=C[C@@H]1C[C@H](Oc2cc(-c3ccccc3)nc3cc(OC)ccc23)C[C@H]1C(=O)N[C@]1(C(=O)O)C[C@H]1/C=C\CCCCN(C)C=O. The largest absolute Gasteiger partial charge is 0.497 e. The lowest BCUT2D eigenvalue weighted by Crippen LogP contribution is -2.47. The molecule has 9 nitrogen and oxygen atoms in total. The molecule has 2 fully saturated rings. The van der Waals surface area contributed by atoms with Crippen LogP contribution in [-0.2, 0) is 14.4 Å². The summed E-state index contributed by atoms with van der Waals surface area (Å²) in [4.78, 5) is 43.1. The van der Waals surface area contributed by atoms with Crippen LogP contribution in [0.5, 0.6) is 11.5 Å². The van der Waals surface area contributed by atoms with Crippen molar-refractivity contribution in [1.82, 2.24) is 15.2 Å². The van der Waals surface area contributed by atoms with E-state index >= 15 is 0 Å². The number of rotatable bonds is 15. The number of methoxy groups -OCH3 is 1. The van der Waals surface area contributed by atoms with Crippen LogP contribution in [0, 0.1) is 17.8 Å². The number of ether oxygens (including phenoxy) is 2.